The third-order valence-electron chi connectivity index (χ3n) is 3.04. The van der Waals surface area contributed by atoms with Gasteiger partial charge in [0.25, 0.3) is 16.0 Å². The summed E-state index contributed by atoms with van der Waals surface area (Å²) in [5.74, 6) is -1.37. The first-order chi connectivity index (χ1) is 10.2. The number of hydrogen-bond donors (Lipinski definition) is 1. The number of thiocarbonyl (C=S) groups is 1. The third kappa shape index (κ3) is 3.92. The van der Waals surface area contributed by atoms with Crippen molar-refractivity contribution in [1.29, 1.82) is 0 Å². The molecule has 1 heterocycles. The Balaban J connectivity index is 2.26. The number of benzene rings is 1. The van der Waals surface area contributed by atoms with Gasteiger partial charge in [0, 0.05) is 6.54 Å². The first kappa shape index (κ1) is 17.1. The molecule has 1 aliphatic heterocycles. The molecule has 1 fully saturated rings. The number of rotatable bonds is 4. The van der Waals surface area contributed by atoms with Crippen molar-refractivity contribution in [1.82, 2.24) is 4.90 Å². The van der Waals surface area contributed by atoms with Crippen LogP contribution in [0.4, 0.5) is 4.39 Å². The Hall–Kier alpha value is -1.29. The maximum absolute atomic E-state index is 12.9. The van der Waals surface area contributed by atoms with Crippen molar-refractivity contribution in [2.75, 3.05) is 12.3 Å². The van der Waals surface area contributed by atoms with E-state index in [0.29, 0.717) is 16.0 Å². The highest BCUT2D eigenvalue weighted by Gasteiger charge is 2.34. The summed E-state index contributed by atoms with van der Waals surface area (Å²) in [7, 11) is -4.17. The van der Waals surface area contributed by atoms with E-state index in [-0.39, 0.29) is 16.7 Å². The van der Waals surface area contributed by atoms with Crippen molar-refractivity contribution >= 4 is 49.9 Å². The Labute approximate surface area is 136 Å². The summed E-state index contributed by atoms with van der Waals surface area (Å²) in [4.78, 5) is 13.8. The second-order valence-electron chi connectivity index (χ2n) is 4.57. The van der Waals surface area contributed by atoms with Crippen molar-refractivity contribution in [3.05, 3.63) is 40.6 Å². The molecule has 1 amide bonds. The fourth-order valence-corrected chi connectivity index (χ4v) is 3.62. The van der Waals surface area contributed by atoms with Crippen molar-refractivity contribution < 1.29 is 22.2 Å². The second kappa shape index (κ2) is 6.45. The van der Waals surface area contributed by atoms with Crippen LogP contribution in [0, 0.1) is 5.82 Å². The second-order valence-corrected chi connectivity index (χ2v) is 7.79. The number of hydrogen-bond acceptors (Lipinski definition) is 5. The summed E-state index contributed by atoms with van der Waals surface area (Å²) >= 11 is 6.13. The van der Waals surface area contributed by atoms with Crippen LogP contribution in [0.25, 0.3) is 5.57 Å². The molecule has 0 atom stereocenters. The molecule has 0 bridgehead atoms. The monoisotopic (exact) mass is 361 g/mol. The minimum Gasteiger partial charge on any atom is -0.292 e. The molecule has 9 heteroatoms. The maximum atomic E-state index is 12.9. The Kier molecular flexibility index (Phi) is 5.00. The number of carbonyl (C=O) groups excluding carboxylic acids is 1. The maximum Gasteiger partial charge on any atom is 0.266 e. The van der Waals surface area contributed by atoms with E-state index >= 15 is 0 Å². The van der Waals surface area contributed by atoms with Gasteiger partial charge in [-0.25, -0.2) is 4.39 Å². The van der Waals surface area contributed by atoms with Gasteiger partial charge in [-0.05, 0) is 30.2 Å². The Morgan fingerprint density at radius 2 is 1.95 bits per heavy atom. The van der Waals surface area contributed by atoms with Gasteiger partial charge in [-0.2, -0.15) is 8.42 Å². The van der Waals surface area contributed by atoms with Crippen LogP contribution in [0.3, 0.4) is 0 Å². The molecule has 0 saturated carbocycles. The minimum atomic E-state index is -4.17. The molecule has 1 aromatic rings. The van der Waals surface area contributed by atoms with E-state index in [0.717, 1.165) is 16.7 Å². The van der Waals surface area contributed by atoms with E-state index in [2.05, 4.69) is 0 Å². The zero-order chi connectivity index (χ0) is 16.5. The van der Waals surface area contributed by atoms with Crippen LogP contribution in [0.2, 0.25) is 0 Å². The van der Waals surface area contributed by atoms with E-state index in [4.69, 9.17) is 16.8 Å². The minimum absolute atomic E-state index is 0.205. The summed E-state index contributed by atoms with van der Waals surface area (Å²) in [6.07, 6.45) is 0. The quantitative estimate of drug-likeness (QED) is 0.504. The van der Waals surface area contributed by atoms with Gasteiger partial charge in [-0.3, -0.25) is 14.2 Å². The van der Waals surface area contributed by atoms with E-state index < -0.39 is 21.8 Å². The third-order valence-corrected chi connectivity index (χ3v) is 5.29. The zero-order valence-electron chi connectivity index (χ0n) is 11.4. The molecular formula is C13H12FNO4S3. The van der Waals surface area contributed by atoms with Gasteiger partial charge in [0.1, 0.15) is 10.1 Å². The van der Waals surface area contributed by atoms with Gasteiger partial charge in [0.15, 0.2) is 0 Å². The van der Waals surface area contributed by atoms with E-state index in [1.54, 1.807) is 19.1 Å². The lowest BCUT2D eigenvalue weighted by Gasteiger charge is -2.13. The van der Waals surface area contributed by atoms with E-state index in [1.165, 1.54) is 12.1 Å². The average Bonchev–Trinajstić information content (AvgIpc) is 2.71. The van der Waals surface area contributed by atoms with Crippen LogP contribution < -0.4 is 0 Å². The highest BCUT2D eigenvalue weighted by Crippen LogP contribution is 2.36. The largest absolute Gasteiger partial charge is 0.292 e. The van der Waals surface area contributed by atoms with Gasteiger partial charge in [-0.15, -0.1) is 0 Å². The molecule has 22 heavy (non-hydrogen) atoms. The summed E-state index contributed by atoms with van der Waals surface area (Å²) < 4.78 is 43.5. The number of carbonyl (C=O) groups is 1. The van der Waals surface area contributed by atoms with Gasteiger partial charge in [0.2, 0.25) is 0 Å². The molecule has 1 aromatic carbocycles. The molecule has 0 aliphatic carbocycles. The molecule has 1 N–H and O–H groups in total. The van der Waals surface area contributed by atoms with Crippen molar-refractivity contribution in [2.45, 2.75) is 6.92 Å². The van der Waals surface area contributed by atoms with Crippen LogP contribution >= 0.6 is 24.0 Å². The molecule has 1 saturated heterocycles. The highest BCUT2D eigenvalue weighted by molar-refractivity contribution is 8.26. The molecule has 0 spiro atoms. The average molecular weight is 361 g/mol. The first-order valence-corrected chi connectivity index (χ1v) is 8.98. The van der Waals surface area contributed by atoms with E-state index in [1.807, 2.05) is 0 Å². The smallest absolute Gasteiger partial charge is 0.266 e. The summed E-state index contributed by atoms with van der Waals surface area (Å²) in [5.41, 5.74) is 1.31. The van der Waals surface area contributed by atoms with Crippen LogP contribution in [0.15, 0.2) is 29.2 Å². The fourth-order valence-electron chi connectivity index (χ4n) is 1.86. The predicted molar refractivity (Wildman–Crippen MR) is 87.3 cm³/mol. The Bertz CT molecular complexity index is 756. The SMILES string of the molecule is C/C(=C1\SC(=S)N(CCS(=O)(=O)O)C1=O)c1ccc(F)cc1. The number of amides is 1. The molecule has 0 radical (unpaired) electrons. The van der Waals surface area contributed by atoms with Gasteiger partial charge >= 0.3 is 0 Å². The molecule has 118 valence electrons. The number of nitrogens with zero attached hydrogens (tertiary/aromatic N) is 1. The zero-order valence-corrected chi connectivity index (χ0v) is 13.9. The molecular weight excluding hydrogens is 349 g/mol. The lowest BCUT2D eigenvalue weighted by atomic mass is 10.1. The summed E-state index contributed by atoms with van der Waals surface area (Å²) in [6, 6.07) is 5.68. The fraction of sp³-hybridized carbons (Fsp3) is 0.231. The molecule has 1 aliphatic rings. The molecule has 0 unspecified atom stereocenters. The molecule has 5 nitrogen and oxygen atoms in total. The lowest BCUT2D eigenvalue weighted by molar-refractivity contribution is -0.121. The van der Waals surface area contributed by atoms with Crippen LogP contribution in [-0.2, 0) is 14.9 Å². The Morgan fingerprint density at radius 1 is 1.36 bits per heavy atom. The lowest BCUT2D eigenvalue weighted by Crippen LogP contribution is -2.32. The van der Waals surface area contributed by atoms with Gasteiger partial charge in [-0.1, -0.05) is 36.1 Å². The summed E-state index contributed by atoms with van der Waals surface area (Å²) in [6.45, 7) is 1.51. The van der Waals surface area contributed by atoms with Crippen molar-refractivity contribution in [2.24, 2.45) is 0 Å². The number of allylic oxidation sites excluding steroid dienone is 1. The van der Waals surface area contributed by atoms with Gasteiger partial charge < -0.3 is 0 Å². The topological polar surface area (TPSA) is 74.7 Å². The molecule has 0 aromatic heterocycles. The summed E-state index contributed by atoms with van der Waals surface area (Å²) in [5, 5.41) is 0. The normalized spacial score (nSPS) is 18.0. The van der Waals surface area contributed by atoms with Crippen LogP contribution in [0.1, 0.15) is 12.5 Å². The van der Waals surface area contributed by atoms with E-state index in [9.17, 15) is 17.6 Å². The molecule has 2 rings (SSSR count). The highest BCUT2D eigenvalue weighted by atomic mass is 32.2. The predicted octanol–water partition coefficient (Wildman–Crippen LogP) is 2.30. The van der Waals surface area contributed by atoms with Crippen molar-refractivity contribution in [3.8, 4) is 0 Å². The number of thioether (sulfide) groups is 1. The Morgan fingerprint density at radius 3 is 2.50 bits per heavy atom. The first-order valence-electron chi connectivity index (χ1n) is 6.14. The van der Waals surface area contributed by atoms with Gasteiger partial charge in [0.05, 0.1) is 10.7 Å². The van der Waals surface area contributed by atoms with Crippen molar-refractivity contribution in [3.63, 3.8) is 0 Å². The number of halogens is 1. The standard InChI is InChI=1S/C13H12FNO4S3/c1-8(9-2-4-10(14)5-3-9)11-12(16)15(13(20)21-11)6-7-22(17,18)19/h2-5H,6-7H2,1H3,(H,17,18,19)/b11-8+. The van der Waals surface area contributed by atoms with Crippen LogP contribution in [0.5, 0.6) is 0 Å². The van der Waals surface area contributed by atoms with Crippen LogP contribution in [-0.4, -0.2) is 40.4 Å².